The highest BCUT2D eigenvalue weighted by atomic mass is 15.3. The van der Waals surface area contributed by atoms with Gasteiger partial charge in [-0.05, 0) is 6.92 Å². The molecule has 0 saturated heterocycles. The monoisotopic (exact) mass is 244 g/mol. The molecule has 8 nitrogen and oxygen atoms in total. The van der Waals surface area contributed by atoms with Crippen LogP contribution in [0.15, 0.2) is 18.7 Å². The van der Waals surface area contributed by atoms with Crippen LogP contribution in [0.4, 0.5) is 5.82 Å². The standard InChI is InChI=1S/C10H12N8/c1-7-14-16-10-9(11-3-4-18(7)10)12-5-8-15-13-6-17(8)2/h3-4,6H,5H2,1-2H3,(H,11,12). The number of nitrogens with one attached hydrogen (secondary N) is 1. The van der Waals surface area contributed by atoms with E-state index in [0.717, 1.165) is 11.6 Å². The van der Waals surface area contributed by atoms with Gasteiger partial charge >= 0.3 is 0 Å². The van der Waals surface area contributed by atoms with Crippen molar-refractivity contribution in [2.24, 2.45) is 7.05 Å². The highest BCUT2D eigenvalue weighted by Crippen LogP contribution is 2.12. The zero-order chi connectivity index (χ0) is 12.5. The second-order valence-electron chi connectivity index (χ2n) is 3.93. The first kappa shape index (κ1) is 10.6. The molecule has 1 N–H and O–H groups in total. The fourth-order valence-electron chi connectivity index (χ4n) is 1.70. The van der Waals surface area contributed by atoms with Crippen LogP contribution >= 0.6 is 0 Å². The van der Waals surface area contributed by atoms with Crippen molar-refractivity contribution in [1.29, 1.82) is 0 Å². The van der Waals surface area contributed by atoms with Crippen LogP contribution in [0.25, 0.3) is 5.65 Å². The van der Waals surface area contributed by atoms with Crippen LogP contribution < -0.4 is 5.32 Å². The molecule has 0 radical (unpaired) electrons. The van der Waals surface area contributed by atoms with E-state index >= 15 is 0 Å². The van der Waals surface area contributed by atoms with Crippen LogP contribution in [-0.4, -0.2) is 34.3 Å². The van der Waals surface area contributed by atoms with Crippen molar-refractivity contribution in [3.8, 4) is 0 Å². The van der Waals surface area contributed by atoms with Gasteiger partial charge < -0.3 is 9.88 Å². The summed E-state index contributed by atoms with van der Waals surface area (Å²) in [7, 11) is 1.90. The molecule has 92 valence electrons. The Kier molecular flexibility index (Phi) is 2.40. The third kappa shape index (κ3) is 1.67. The molecule has 0 amide bonds. The van der Waals surface area contributed by atoms with Gasteiger partial charge in [0.25, 0.3) is 0 Å². The molecule has 0 aliphatic heterocycles. The van der Waals surface area contributed by atoms with Gasteiger partial charge in [-0.3, -0.25) is 4.40 Å². The largest absolute Gasteiger partial charge is 0.360 e. The second kappa shape index (κ2) is 4.06. The van der Waals surface area contributed by atoms with Crippen molar-refractivity contribution < 1.29 is 0 Å². The van der Waals surface area contributed by atoms with Crippen molar-refractivity contribution in [3.63, 3.8) is 0 Å². The van der Waals surface area contributed by atoms with Gasteiger partial charge in [0.2, 0.25) is 5.65 Å². The maximum absolute atomic E-state index is 4.26. The van der Waals surface area contributed by atoms with E-state index in [0.29, 0.717) is 18.0 Å². The molecule has 8 heteroatoms. The second-order valence-corrected chi connectivity index (χ2v) is 3.93. The van der Waals surface area contributed by atoms with Crippen LogP contribution in [0, 0.1) is 6.92 Å². The zero-order valence-electron chi connectivity index (χ0n) is 10.1. The topological polar surface area (TPSA) is 85.8 Å². The normalized spacial score (nSPS) is 11.0. The lowest BCUT2D eigenvalue weighted by molar-refractivity contribution is 0.810. The van der Waals surface area contributed by atoms with E-state index in [1.54, 1.807) is 12.5 Å². The fourth-order valence-corrected chi connectivity index (χ4v) is 1.70. The molecule has 3 heterocycles. The molecule has 3 rings (SSSR count). The highest BCUT2D eigenvalue weighted by molar-refractivity contribution is 5.61. The third-order valence-electron chi connectivity index (χ3n) is 2.72. The Morgan fingerprint density at radius 2 is 2.17 bits per heavy atom. The van der Waals surface area contributed by atoms with E-state index < -0.39 is 0 Å². The first-order valence-electron chi connectivity index (χ1n) is 5.49. The van der Waals surface area contributed by atoms with E-state index in [4.69, 9.17) is 0 Å². The fraction of sp³-hybridized carbons (Fsp3) is 0.300. The number of fused-ring (bicyclic) bond motifs is 1. The van der Waals surface area contributed by atoms with Crippen molar-refractivity contribution in [1.82, 2.24) is 34.3 Å². The van der Waals surface area contributed by atoms with Gasteiger partial charge in [0, 0.05) is 19.4 Å². The zero-order valence-corrected chi connectivity index (χ0v) is 10.1. The van der Waals surface area contributed by atoms with Gasteiger partial charge in [0.15, 0.2) is 11.6 Å². The molecule has 0 atom stereocenters. The average molecular weight is 244 g/mol. The summed E-state index contributed by atoms with van der Waals surface area (Å²) in [5.74, 6) is 2.34. The van der Waals surface area contributed by atoms with Crippen molar-refractivity contribution in [3.05, 3.63) is 30.4 Å². The lowest BCUT2D eigenvalue weighted by atomic mass is 10.5. The van der Waals surface area contributed by atoms with Crippen LogP contribution in [0.3, 0.4) is 0 Å². The van der Waals surface area contributed by atoms with E-state index in [9.17, 15) is 0 Å². The molecule has 0 aliphatic rings. The maximum Gasteiger partial charge on any atom is 0.203 e. The van der Waals surface area contributed by atoms with Crippen molar-refractivity contribution >= 4 is 11.5 Å². The van der Waals surface area contributed by atoms with Gasteiger partial charge in [0.1, 0.15) is 12.2 Å². The predicted octanol–water partition coefficient (Wildman–Crippen LogP) is 0.173. The minimum absolute atomic E-state index is 0.537. The lowest BCUT2D eigenvalue weighted by Crippen LogP contribution is -2.08. The summed E-state index contributed by atoms with van der Waals surface area (Å²) in [6.07, 6.45) is 5.20. The third-order valence-corrected chi connectivity index (χ3v) is 2.72. The van der Waals surface area contributed by atoms with Gasteiger partial charge in [0.05, 0.1) is 6.54 Å². The first-order chi connectivity index (χ1) is 8.75. The van der Waals surface area contributed by atoms with E-state index in [1.807, 2.05) is 29.1 Å². The van der Waals surface area contributed by atoms with E-state index in [-0.39, 0.29) is 0 Å². The molecule has 18 heavy (non-hydrogen) atoms. The molecule has 0 fully saturated rings. The number of nitrogens with zero attached hydrogens (tertiary/aromatic N) is 7. The van der Waals surface area contributed by atoms with Crippen LogP contribution in [0.1, 0.15) is 11.6 Å². The van der Waals surface area contributed by atoms with Gasteiger partial charge in [-0.15, -0.1) is 20.4 Å². The average Bonchev–Trinajstić information content (AvgIpc) is 2.95. The minimum Gasteiger partial charge on any atom is -0.360 e. The molecule has 0 unspecified atom stereocenters. The number of hydrogen-bond donors (Lipinski definition) is 1. The molecule has 0 aliphatic carbocycles. The Hall–Kier alpha value is -2.51. The van der Waals surface area contributed by atoms with Crippen LogP contribution in [0.2, 0.25) is 0 Å². The molecular formula is C10H12N8. The van der Waals surface area contributed by atoms with Crippen LogP contribution in [-0.2, 0) is 13.6 Å². The molecule has 3 aromatic rings. The number of rotatable bonds is 3. The summed E-state index contributed by atoms with van der Waals surface area (Å²) in [5, 5.41) is 19.1. The van der Waals surface area contributed by atoms with Gasteiger partial charge in [-0.25, -0.2) is 4.98 Å². The minimum atomic E-state index is 0.537. The number of hydrogen-bond acceptors (Lipinski definition) is 6. The molecule has 3 aromatic heterocycles. The molecule has 0 aromatic carbocycles. The quantitative estimate of drug-likeness (QED) is 0.707. The number of aryl methyl sites for hydroxylation is 2. The van der Waals surface area contributed by atoms with Crippen LogP contribution in [0.5, 0.6) is 0 Å². The molecular weight excluding hydrogens is 232 g/mol. The summed E-state index contributed by atoms with van der Waals surface area (Å²) in [4.78, 5) is 4.26. The summed E-state index contributed by atoms with van der Waals surface area (Å²) in [5.41, 5.74) is 0.706. The SMILES string of the molecule is Cc1nnc2c(NCc3nncn3C)nccn12. The van der Waals surface area contributed by atoms with Crippen molar-refractivity contribution in [2.75, 3.05) is 5.32 Å². The highest BCUT2D eigenvalue weighted by Gasteiger charge is 2.08. The number of aromatic nitrogens is 7. The molecule has 0 saturated carbocycles. The Morgan fingerprint density at radius 1 is 1.28 bits per heavy atom. The summed E-state index contributed by atoms with van der Waals surface area (Å²) in [6, 6.07) is 0. The maximum atomic E-state index is 4.26. The Morgan fingerprint density at radius 3 is 2.94 bits per heavy atom. The van der Waals surface area contributed by atoms with E-state index in [1.165, 1.54) is 0 Å². The predicted molar refractivity (Wildman–Crippen MR) is 63.8 cm³/mol. The smallest absolute Gasteiger partial charge is 0.203 e. The molecule has 0 spiro atoms. The lowest BCUT2D eigenvalue weighted by Gasteiger charge is -2.05. The Balaban J connectivity index is 1.89. The Labute approximate surface area is 103 Å². The van der Waals surface area contributed by atoms with Crippen molar-refractivity contribution in [2.45, 2.75) is 13.5 Å². The molecule has 0 bridgehead atoms. The first-order valence-corrected chi connectivity index (χ1v) is 5.49. The summed E-state index contributed by atoms with van der Waals surface area (Å²) in [6.45, 7) is 2.43. The van der Waals surface area contributed by atoms with Gasteiger partial charge in [-0.2, -0.15) is 0 Å². The number of anilines is 1. The van der Waals surface area contributed by atoms with E-state index in [2.05, 4.69) is 30.7 Å². The summed E-state index contributed by atoms with van der Waals surface area (Å²) >= 11 is 0. The summed E-state index contributed by atoms with van der Waals surface area (Å²) < 4.78 is 3.73. The van der Waals surface area contributed by atoms with Gasteiger partial charge in [-0.1, -0.05) is 0 Å². The Bertz CT molecular complexity index is 682.